The van der Waals surface area contributed by atoms with Gasteiger partial charge in [0.2, 0.25) is 0 Å². The lowest BCUT2D eigenvalue weighted by Gasteiger charge is -2.35. The van der Waals surface area contributed by atoms with Crippen molar-refractivity contribution in [3.63, 3.8) is 0 Å². The highest BCUT2D eigenvalue weighted by Crippen LogP contribution is 2.33. The molecule has 0 aromatic carbocycles. The smallest absolute Gasteiger partial charge is 0.185 e. The number of likely N-dealkylation sites (N-methyl/N-ethyl adjacent to an activating group) is 2. The maximum Gasteiger partial charge on any atom is 0.185 e. The molecular formula is C16H30N4S. The van der Waals surface area contributed by atoms with Crippen LogP contribution in [-0.2, 0) is 6.54 Å². The zero-order valence-electron chi connectivity index (χ0n) is 14.1. The molecule has 0 aliphatic carbocycles. The van der Waals surface area contributed by atoms with E-state index in [0.29, 0.717) is 12.0 Å². The van der Waals surface area contributed by atoms with Gasteiger partial charge in [-0.25, -0.2) is 4.98 Å². The minimum absolute atomic E-state index is 0.542. The van der Waals surface area contributed by atoms with Gasteiger partial charge >= 0.3 is 0 Å². The van der Waals surface area contributed by atoms with Crippen molar-refractivity contribution in [1.82, 2.24) is 15.2 Å². The predicted octanol–water partition coefficient (Wildman–Crippen LogP) is 2.91. The van der Waals surface area contributed by atoms with Crippen LogP contribution < -0.4 is 10.2 Å². The van der Waals surface area contributed by atoms with Crippen molar-refractivity contribution in [3.8, 4) is 0 Å². The van der Waals surface area contributed by atoms with Gasteiger partial charge in [0.15, 0.2) is 5.13 Å². The van der Waals surface area contributed by atoms with E-state index < -0.39 is 0 Å². The number of hydrogen-bond donors (Lipinski definition) is 1. The molecule has 21 heavy (non-hydrogen) atoms. The summed E-state index contributed by atoms with van der Waals surface area (Å²) >= 11 is 1.86. The second-order valence-corrected chi connectivity index (χ2v) is 7.38. The second-order valence-electron chi connectivity index (χ2n) is 6.31. The SMILES string of the molecule is CCC(C)c1nc(N(C)C2CCCN(C)C2)sc1CNC. The van der Waals surface area contributed by atoms with Crippen LogP contribution in [0.2, 0.25) is 0 Å². The Hall–Kier alpha value is -0.650. The summed E-state index contributed by atoms with van der Waals surface area (Å²) in [6.45, 7) is 7.83. The summed E-state index contributed by atoms with van der Waals surface area (Å²) in [4.78, 5) is 11.2. The molecule has 0 radical (unpaired) electrons. The molecule has 1 N–H and O–H groups in total. The molecule has 1 aliphatic rings. The van der Waals surface area contributed by atoms with E-state index in [1.165, 1.54) is 35.1 Å². The minimum Gasteiger partial charge on any atom is -0.347 e. The van der Waals surface area contributed by atoms with Crippen LogP contribution >= 0.6 is 11.3 Å². The maximum atomic E-state index is 4.99. The Bertz CT molecular complexity index is 445. The topological polar surface area (TPSA) is 31.4 Å². The minimum atomic E-state index is 0.542. The van der Waals surface area contributed by atoms with E-state index in [-0.39, 0.29) is 0 Å². The molecule has 1 saturated heterocycles. The monoisotopic (exact) mass is 310 g/mol. The van der Waals surface area contributed by atoms with E-state index in [4.69, 9.17) is 4.98 Å². The van der Waals surface area contributed by atoms with Crippen LogP contribution in [0.1, 0.15) is 49.6 Å². The Labute approximate surface area is 133 Å². The van der Waals surface area contributed by atoms with Gasteiger partial charge in [0.05, 0.1) is 5.69 Å². The van der Waals surface area contributed by atoms with Gasteiger partial charge in [-0.05, 0) is 45.8 Å². The number of rotatable bonds is 6. The van der Waals surface area contributed by atoms with E-state index in [1.807, 2.05) is 18.4 Å². The van der Waals surface area contributed by atoms with Gasteiger partial charge in [-0.1, -0.05) is 13.8 Å². The summed E-state index contributed by atoms with van der Waals surface area (Å²) in [5.74, 6) is 0.542. The van der Waals surface area contributed by atoms with E-state index in [1.54, 1.807) is 0 Å². The van der Waals surface area contributed by atoms with Gasteiger partial charge < -0.3 is 15.1 Å². The van der Waals surface area contributed by atoms with Gasteiger partial charge in [0, 0.05) is 31.1 Å². The Morgan fingerprint density at radius 3 is 2.90 bits per heavy atom. The van der Waals surface area contributed by atoms with Gasteiger partial charge in [-0.3, -0.25) is 0 Å². The molecule has 1 aromatic heterocycles. The average Bonchev–Trinajstić information content (AvgIpc) is 2.90. The van der Waals surface area contributed by atoms with Crippen molar-refractivity contribution in [3.05, 3.63) is 10.6 Å². The summed E-state index contributed by atoms with van der Waals surface area (Å²) in [6, 6.07) is 0.599. The molecule has 1 aromatic rings. The molecule has 0 bridgehead atoms. The summed E-state index contributed by atoms with van der Waals surface area (Å²) in [5, 5.41) is 4.48. The van der Waals surface area contributed by atoms with Crippen LogP contribution in [0.5, 0.6) is 0 Å². The number of nitrogens with one attached hydrogen (secondary N) is 1. The molecule has 2 atom stereocenters. The van der Waals surface area contributed by atoms with Gasteiger partial charge in [-0.2, -0.15) is 0 Å². The fourth-order valence-electron chi connectivity index (χ4n) is 2.98. The third-order valence-electron chi connectivity index (χ3n) is 4.58. The second kappa shape index (κ2) is 7.56. The van der Waals surface area contributed by atoms with E-state index in [2.05, 4.69) is 43.1 Å². The number of piperidine rings is 1. The molecule has 1 fully saturated rings. The Kier molecular flexibility index (Phi) is 6.02. The van der Waals surface area contributed by atoms with Crippen LogP contribution in [0.3, 0.4) is 0 Å². The zero-order valence-corrected chi connectivity index (χ0v) is 15.0. The van der Waals surface area contributed by atoms with E-state index in [9.17, 15) is 0 Å². The molecule has 2 rings (SSSR count). The number of nitrogens with zero attached hydrogens (tertiary/aromatic N) is 3. The summed E-state index contributed by atoms with van der Waals surface area (Å²) < 4.78 is 0. The van der Waals surface area contributed by atoms with Crippen LogP contribution in [0, 0.1) is 0 Å². The summed E-state index contributed by atoms with van der Waals surface area (Å²) in [7, 11) is 6.45. The lowest BCUT2D eigenvalue weighted by atomic mass is 10.0. The molecule has 2 unspecified atom stereocenters. The van der Waals surface area contributed by atoms with Crippen molar-refractivity contribution in [2.45, 2.75) is 51.6 Å². The highest BCUT2D eigenvalue weighted by atomic mass is 32.1. The molecule has 4 nitrogen and oxygen atoms in total. The average molecular weight is 311 g/mol. The third kappa shape index (κ3) is 3.96. The van der Waals surface area contributed by atoms with Crippen LogP contribution in [-0.4, -0.2) is 50.2 Å². The molecule has 1 aliphatic heterocycles. The molecular weight excluding hydrogens is 280 g/mol. The van der Waals surface area contributed by atoms with Crippen molar-refractivity contribution >= 4 is 16.5 Å². The quantitative estimate of drug-likeness (QED) is 0.875. The zero-order chi connectivity index (χ0) is 15.4. The third-order valence-corrected chi connectivity index (χ3v) is 5.74. The first-order valence-corrected chi connectivity index (χ1v) is 8.94. The van der Waals surface area contributed by atoms with Crippen LogP contribution in [0.4, 0.5) is 5.13 Å². The number of anilines is 1. The van der Waals surface area contributed by atoms with Crippen molar-refractivity contribution < 1.29 is 0 Å². The van der Waals surface area contributed by atoms with Crippen LogP contribution in [0.25, 0.3) is 0 Å². The molecule has 0 amide bonds. The molecule has 0 saturated carbocycles. The van der Waals surface area contributed by atoms with Crippen molar-refractivity contribution in [2.75, 3.05) is 39.1 Å². The number of likely N-dealkylation sites (tertiary alicyclic amines) is 1. The Morgan fingerprint density at radius 1 is 1.52 bits per heavy atom. The standard InChI is InChI=1S/C16H30N4S/c1-6-12(2)15-14(10-17-3)21-16(18-15)20(5)13-8-7-9-19(4)11-13/h12-13,17H,6-11H2,1-5H3. The van der Waals surface area contributed by atoms with Crippen LogP contribution in [0.15, 0.2) is 0 Å². The normalized spacial score (nSPS) is 21.5. The first-order valence-electron chi connectivity index (χ1n) is 8.12. The fraction of sp³-hybridized carbons (Fsp3) is 0.812. The number of aromatic nitrogens is 1. The largest absolute Gasteiger partial charge is 0.347 e. The van der Waals surface area contributed by atoms with E-state index >= 15 is 0 Å². The molecule has 120 valence electrons. The lowest BCUT2D eigenvalue weighted by molar-refractivity contribution is 0.248. The lowest BCUT2D eigenvalue weighted by Crippen LogP contribution is -2.45. The molecule has 5 heteroatoms. The highest BCUT2D eigenvalue weighted by Gasteiger charge is 2.25. The number of hydrogen-bond acceptors (Lipinski definition) is 5. The summed E-state index contributed by atoms with van der Waals surface area (Å²) in [6.07, 6.45) is 3.72. The summed E-state index contributed by atoms with van der Waals surface area (Å²) in [5.41, 5.74) is 1.29. The van der Waals surface area contributed by atoms with Crippen molar-refractivity contribution in [2.24, 2.45) is 0 Å². The Balaban J connectivity index is 2.18. The maximum absolute atomic E-state index is 4.99. The predicted molar refractivity (Wildman–Crippen MR) is 92.5 cm³/mol. The van der Waals surface area contributed by atoms with E-state index in [0.717, 1.165) is 19.5 Å². The van der Waals surface area contributed by atoms with Gasteiger partial charge in [-0.15, -0.1) is 11.3 Å². The highest BCUT2D eigenvalue weighted by molar-refractivity contribution is 7.15. The Morgan fingerprint density at radius 2 is 2.29 bits per heavy atom. The molecule has 0 spiro atoms. The first kappa shape index (κ1) is 16.7. The molecule has 2 heterocycles. The number of thiazole rings is 1. The fourth-order valence-corrected chi connectivity index (χ4v) is 4.20. The van der Waals surface area contributed by atoms with Gasteiger partial charge in [0.1, 0.15) is 0 Å². The van der Waals surface area contributed by atoms with Crippen molar-refractivity contribution in [1.29, 1.82) is 0 Å². The first-order chi connectivity index (χ1) is 10.1. The van der Waals surface area contributed by atoms with Gasteiger partial charge in [0.25, 0.3) is 0 Å².